The molecule has 2 heterocycles. The number of aromatic nitrogens is 1. The fourth-order valence-electron chi connectivity index (χ4n) is 3.99. The van der Waals surface area contributed by atoms with E-state index in [1.54, 1.807) is 0 Å². The van der Waals surface area contributed by atoms with E-state index >= 15 is 0 Å². The van der Waals surface area contributed by atoms with E-state index in [4.69, 9.17) is 0 Å². The molecule has 0 aromatic carbocycles. The lowest BCUT2D eigenvalue weighted by Gasteiger charge is -2.39. The Kier molecular flexibility index (Phi) is 5.26. The molecule has 2 aliphatic rings. The molecule has 0 radical (unpaired) electrons. The summed E-state index contributed by atoms with van der Waals surface area (Å²) < 4.78 is 0. The Labute approximate surface area is 129 Å². The summed E-state index contributed by atoms with van der Waals surface area (Å²) in [5, 5.41) is 3.81. The summed E-state index contributed by atoms with van der Waals surface area (Å²) in [4.78, 5) is 6.86. The van der Waals surface area contributed by atoms with Gasteiger partial charge in [0.25, 0.3) is 0 Å². The van der Waals surface area contributed by atoms with Crippen LogP contribution >= 0.6 is 0 Å². The third kappa shape index (κ3) is 4.04. The van der Waals surface area contributed by atoms with E-state index in [9.17, 15) is 0 Å². The highest BCUT2D eigenvalue weighted by Crippen LogP contribution is 2.27. The molecule has 0 amide bonds. The molecule has 0 spiro atoms. The molecule has 1 N–H and O–H groups in total. The molecular formula is C18H29N3. The van der Waals surface area contributed by atoms with Crippen LogP contribution in [0.15, 0.2) is 24.5 Å². The largest absolute Gasteiger partial charge is 0.307 e. The van der Waals surface area contributed by atoms with Gasteiger partial charge in [-0.15, -0.1) is 0 Å². The van der Waals surface area contributed by atoms with Crippen LogP contribution in [0.1, 0.15) is 63.5 Å². The van der Waals surface area contributed by atoms with Gasteiger partial charge in [0.05, 0.1) is 0 Å². The molecule has 1 aromatic rings. The second-order valence-electron chi connectivity index (χ2n) is 6.77. The zero-order valence-electron chi connectivity index (χ0n) is 13.3. The molecule has 1 aromatic heterocycles. The fraction of sp³-hybridized carbons (Fsp3) is 0.722. The van der Waals surface area contributed by atoms with Crippen molar-refractivity contribution in [3.8, 4) is 0 Å². The SMILES string of the molecule is C[C@@H](NC1CCC(N2CCCCC2)CC1)c1ccncc1. The second-order valence-corrected chi connectivity index (χ2v) is 6.77. The minimum atomic E-state index is 0.435. The maximum Gasteiger partial charge on any atom is 0.0295 e. The average molecular weight is 287 g/mol. The van der Waals surface area contributed by atoms with E-state index < -0.39 is 0 Å². The third-order valence-corrected chi connectivity index (χ3v) is 5.30. The zero-order valence-corrected chi connectivity index (χ0v) is 13.3. The molecule has 0 unspecified atom stereocenters. The van der Waals surface area contributed by atoms with Gasteiger partial charge in [0.15, 0.2) is 0 Å². The van der Waals surface area contributed by atoms with Crippen molar-refractivity contribution in [1.29, 1.82) is 0 Å². The average Bonchev–Trinajstić information content (AvgIpc) is 2.57. The van der Waals surface area contributed by atoms with Crippen molar-refractivity contribution >= 4 is 0 Å². The molecule has 3 nitrogen and oxygen atoms in total. The van der Waals surface area contributed by atoms with Crippen molar-refractivity contribution in [2.75, 3.05) is 13.1 Å². The van der Waals surface area contributed by atoms with Crippen LogP contribution in [0.4, 0.5) is 0 Å². The highest BCUT2D eigenvalue weighted by Gasteiger charge is 2.27. The summed E-state index contributed by atoms with van der Waals surface area (Å²) >= 11 is 0. The first-order valence-corrected chi connectivity index (χ1v) is 8.73. The topological polar surface area (TPSA) is 28.2 Å². The Morgan fingerprint density at radius 1 is 1.05 bits per heavy atom. The second kappa shape index (κ2) is 7.37. The molecule has 21 heavy (non-hydrogen) atoms. The minimum Gasteiger partial charge on any atom is -0.307 e. The highest BCUT2D eigenvalue weighted by atomic mass is 15.2. The molecule has 1 saturated carbocycles. The van der Waals surface area contributed by atoms with E-state index in [0.29, 0.717) is 12.1 Å². The number of likely N-dealkylation sites (tertiary alicyclic amines) is 1. The van der Waals surface area contributed by atoms with Crippen molar-refractivity contribution in [3.05, 3.63) is 30.1 Å². The van der Waals surface area contributed by atoms with Crippen LogP contribution < -0.4 is 5.32 Å². The Bertz CT molecular complexity index is 406. The lowest BCUT2D eigenvalue weighted by atomic mass is 9.88. The number of pyridine rings is 1. The van der Waals surface area contributed by atoms with E-state index in [1.807, 2.05) is 12.4 Å². The molecule has 1 aliphatic heterocycles. The van der Waals surface area contributed by atoms with Gasteiger partial charge in [0, 0.05) is 30.5 Å². The van der Waals surface area contributed by atoms with Crippen molar-refractivity contribution < 1.29 is 0 Å². The number of hydrogen-bond acceptors (Lipinski definition) is 3. The molecule has 116 valence electrons. The number of piperidine rings is 1. The summed E-state index contributed by atoms with van der Waals surface area (Å²) in [6.45, 7) is 4.96. The monoisotopic (exact) mass is 287 g/mol. The van der Waals surface area contributed by atoms with Gasteiger partial charge in [-0.3, -0.25) is 4.98 Å². The molecule has 0 bridgehead atoms. The lowest BCUT2D eigenvalue weighted by molar-refractivity contribution is 0.119. The van der Waals surface area contributed by atoms with E-state index in [1.165, 1.54) is 63.6 Å². The van der Waals surface area contributed by atoms with Gasteiger partial charge in [-0.25, -0.2) is 0 Å². The van der Waals surface area contributed by atoms with Crippen LogP contribution in [0.25, 0.3) is 0 Å². The predicted molar refractivity (Wildman–Crippen MR) is 87.3 cm³/mol. The van der Waals surface area contributed by atoms with Crippen LogP contribution in [0.5, 0.6) is 0 Å². The van der Waals surface area contributed by atoms with Crippen molar-refractivity contribution in [1.82, 2.24) is 15.2 Å². The summed E-state index contributed by atoms with van der Waals surface area (Å²) in [6.07, 6.45) is 13.5. The molecule has 3 rings (SSSR count). The van der Waals surface area contributed by atoms with E-state index in [0.717, 1.165) is 6.04 Å². The van der Waals surface area contributed by atoms with Crippen LogP contribution in [0, 0.1) is 0 Å². The number of nitrogens with one attached hydrogen (secondary N) is 1. The maximum absolute atomic E-state index is 4.10. The van der Waals surface area contributed by atoms with E-state index in [-0.39, 0.29) is 0 Å². The van der Waals surface area contributed by atoms with Crippen LogP contribution in [0.2, 0.25) is 0 Å². The Balaban J connectivity index is 1.45. The normalized spacial score (nSPS) is 29.2. The Hall–Kier alpha value is -0.930. The number of nitrogens with zero attached hydrogens (tertiary/aromatic N) is 2. The van der Waals surface area contributed by atoms with Gasteiger partial charge in [-0.1, -0.05) is 6.42 Å². The summed E-state index contributed by atoms with van der Waals surface area (Å²) in [7, 11) is 0. The van der Waals surface area contributed by atoms with Gasteiger partial charge in [0.1, 0.15) is 0 Å². The van der Waals surface area contributed by atoms with E-state index in [2.05, 4.69) is 34.3 Å². The molecular weight excluding hydrogens is 258 g/mol. The molecule has 1 saturated heterocycles. The summed E-state index contributed by atoms with van der Waals surface area (Å²) in [5.41, 5.74) is 1.35. The highest BCUT2D eigenvalue weighted by molar-refractivity contribution is 5.14. The van der Waals surface area contributed by atoms with Gasteiger partial charge in [-0.05, 0) is 76.2 Å². The Morgan fingerprint density at radius 3 is 2.38 bits per heavy atom. The van der Waals surface area contributed by atoms with Crippen LogP contribution in [0.3, 0.4) is 0 Å². The maximum atomic E-state index is 4.10. The smallest absolute Gasteiger partial charge is 0.0295 e. The summed E-state index contributed by atoms with van der Waals surface area (Å²) in [6, 6.07) is 6.23. The number of rotatable bonds is 4. The first kappa shape index (κ1) is 15.0. The quantitative estimate of drug-likeness (QED) is 0.918. The standard InChI is InChI=1S/C18H29N3/c1-15(16-9-11-19-12-10-16)20-17-5-7-18(8-6-17)21-13-3-2-4-14-21/h9-12,15,17-18,20H,2-8,13-14H2,1H3/t15-,17?,18?/m1/s1. The molecule has 2 fully saturated rings. The van der Waals surface area contributed by atoms with Gasteiger partial charge in [0.2, 0.25) is 0 Å². The fourth-order valence-corrected chi connectivity index (χ4v) is 3.99. The first-order chi connectivity index (χ1) is 10.3. The molecule has 1 atom stereocenters. The van der Waals surface area contributed by atoms with Crippen molar-refractivity contribution in [2.24, 2.45) is 0 Å². The molecule has 3 heteroatoms. The van der Waals surface area contributed by atoms with Crippen LogP contribution in [-0.2, 0) is 0 Å². The predicted octanol–water partition coefficient (Wildman–Crippen LogP) is 3.53. The van der Waals surface area contributed by atoms with Crippen molar-refractivity contribution in [3.63, 3.8) is 0 Å². The minimum absolute atomic E-state index is 0.435. The van der Waals surface area contributed by atoms with Gasteiger partial charge in [-0.2, -0.15) is 0 Å². The molecule has 1 aliphatic carbocycles. The first-order valence-electron chi connectivity index (χ1n) is 8.73. The third-order valence-electron chi connectivity index (χ3n) is 5.30. The Morgan fingerprint density at radius 2 is 1.71 bits per heavy atom. The number of hydrogen-bond donors (Lipinski definition) is 1. The lowest BCUT2D eigenvalue weighted by Crippen LogP contribution is -2.44. The van der Waals surface area contributed by atoms with Gasteiger partial charge >= 0.3 is 0 Å². The van der Waals surface area contributed by atoms with Crippen LogP contribution in [-0.4, -0.2) is 35.1 Å². The van der Waals surface area contributed by atoms with Crippen molar-refractivity contribution in [2.45, 2.75) is 70.0 Å². The summed E-state index contributed by atoms with van der Waals surface area (Å²) in [5.74, 6) is 0. The van der Waals surface area contributed by atoms with Gasteiger partial charge < -0.3 is 10.2 Å². The zero-order chi connectivity index (χ0) is 14.5.